The van der Waals surface area contributed by atoms with Crippen LogP contribution in [0.25, 0.3) is 0 Å². The summed E-state index contributed by atoms with van der Waals surface area (Å²) in [7, 11) is -1.14. The Morgan fingerprint density at radius 2 is 1.67 bits per heavy atom. The number of likely N-dealkylation sites (tertiary alicyclic amines) is 1. The average molecular weight is 754 g/mol. The van der Waals surface area contributed by atoms with E-state index in [1.807, 2.05) is 30.3 Å². The number of aliphatic imine (C=N–C) groups is 1. The van der Waals surface area contributed by atoms with Crippen molar-refractivity contribution in [3.63, 3.8) is 0 Å². The lowest BCUT2D eigenvalue weighted by molar-refractivity contribution is -0.146. The third kappa shape index (κ3) is 9.87. The maximum atomic E-state index is 12.7. The smallest absolute Gasteiger partial charge is 0.320 e. The van der Waals surface area contributed by atoms with E-state index >= 15 is 0 Å². The van der Waals surface area contributed by atoms with E-state index in [2.05, 4.69) is 64.5 Å². The molecule has 0 aliphatic carbocycles. The Hall–Kier alpha value is -3.84. The molecule has 2 aromatic carbocycles. The minimum absolute atomic E-state index is 0.0382. The molecule has 54 heavy (non-hydrogen) atoms. The number of hydrogen-bond acceptors (Lipinski definition) is 11. The van der Waals surface area contributed by atoms with E-state index in [-0.39, 0.29) is 18.6 Å². The lowest BCUT2D eigenvalue weighted by atomic mass is 9.96. The number of nitrogens with zero attached hydrogens (tertiary/aromatic N) is 7. The third-order valence-corrected chi connectivity index (χ3v) is 12.9. The van der Waals surface area contributed by atoms with Crippen molar-refractivity contribution in [2.75, 3.05) is 88.5 Å². The van der Waals surface area contributed by atoms with Gasteiger partial charge >= 0.3 is 12.0 Å². The van der Waals surface area contributed by atoms with Gasteiger partial charge in [-0.25, -0.2) is 0 Å². The summed E-state index contributed by atoms with van der Waals surface area (Å²) in [5.41, 5.74) is 8.19. The molecule has 1 aromatic heterocycles. The highest BCUT2D eigenvalue weighted by molar-refractivity contribution is 6.76. The number of carbonyl (C=O) groups is 1. The van der Waals surface area contributed by atoms with Gasteiger partial charge in [-0.2, -0.15) is 9.97 Å². The summed E-state index contributed by atoms with van der Waals surface area (Å²) < 4.78 is 18.1. The van der Waals surface area contributed by atoms with Gasteiger partial charge in [-0.15, -0.1) is 0 Å². The fourth-order valence-corrected chi connectivity index (χ4v) is 8.72. The average Bonchev–Trinajstić information content (AvgIpc) is 3.58. The highest BCUT2D eigenvalue weighted by atomic mass is 28.3. The third-order valence-electron chi connectivity index (χ3n) is 11.2. The number of benzene rings is 2. The van der Waals surface area contributed by atoms with Crippen LogP contribution in [0.15, 0.2) is 47.5 Å². The monoisotopic (exact) mass is 753 g/mol. The van der Waals surface area contributed by atoms with Crippen LogP contribution in [0.1, 0.15) is 58.8 Å². The van der Waals surface area contributed by atoms with Crippen LogP contribution in [0.2, 0.25) is 25.7 Å². The van der Waals surface area contributed by atoms with Gasteiger partial charge in [0.2, 0.25) is 0 Å². The summed E-state index contributed by atoms with van der Waals surface area (Å²) in [4.78, 5) is 37.3. The van der Waals surface area contributed by atoms with E-state index in [9.17, 15) is 4.79 Å². The number of hydrogen-bond donors (Lipinski definition) is 0. The molecule has 4 aliphatic rings. The van der Waals surface area contributed by atoms with Crippen molar-refractivity contribution in [1.29, 1.82) is 0 Å². The van der Waals surface area contributed by atoms with E-state index in [0.717, 1.165) is 88.5 Å². The van der Waals surface area contributed by atoms with Crippen LogP contribution in [-0.2, 0) is 33.8 Å². The zero-order valence-electron chi connectivity index (χ0n) is 32.9. The molecule has 5 heterocycles. The number of fused-ring (bicyclic) bond motifs is 2. The van der Waals surface area contributed by atoms with Gasteiger partial charge in [-0.3, -0.25) is 19.6 Å². The van der Waals surface area contributed by atoms with Gasteiger partial charge in [0.15, 0.2) is 0 Å². The van der Waals surface area contributed by atoms with Crippen molar-refractivity contribution in [2.24, 2.45) is 4.99 Å². The molecule has 1 atom stereocenters. The molecule has 290 valence electrons. The van der Waals surface area contributed by atoms with Gasteiger partial charge in [0.1, 0.15) is 19.0 Å². The Bertz CT molecular complexity index is 1750. The number of piperidine rings is 1. The fraction of sp³-hybridized carbons (Fsp3) is 0.571. The quantitative estimate of drug-likeness (QED) is 0.106. The molecule has 0 amide bonds. The predicted molar refractivity (Wildman–Crippen MR) is 218 cm³/mol. The Morgan fingerprint density at radius 3 is 2.44 bits per heavy atom. The summed E-state index contributed by atoms with van der Waals surface area (Å²) in [6, 6.07) is 16.0. The summed E-state index contributed by atoms with van der Waals surface area (Å²) in [6.45, 7) is 19.7. The Balaban J connectivity index is 1.04. The van der Waals surface area contributed by atoms with Crippen LogP contribution in [0.4, 0.5) is 11.5 Å². The summed E-state index contributed by atoms with van der Waals surface area (Å²) in [5.74, 6) is 0.788. The topological polar surface area (TPSA) is 95.9 Å². The largest absolute Gasteiger partial charge is 0.462 e. The summed E-state index contributed by atoms with van der Waals surface area (Å²) >= 11 is 0. The normalized spacial score (nSPS) is 19.1. The van der Waals surface area contributed by atoms with Crippen molar-refractivity contribution in [3.05, 3.63) is 76.0 Å². The van der Waals surface area contributed by atoms with Crippen molar-refractivity contribution in [1.82, 2.24) is 19.8 Å². The van der Waals surface area contributed by atoms with E-state index in [1.165, 1.54) is 47.2 Å². The molecule has 3 aromatic rings. The van der Waals surface area contributed by atoms with Crippen LogP contribution in [0.5, 0.6) is 6.01 Å². The summed E-state index contributed by atoms with van der Waals surface area (Å²) in [5, 5.41) is 0. The molecular weight excluding hydrogens is 695 g/mol. The fourth-order valence-electron chi connectivity index (χ4n) is 7.97. The number of carbonyl (C=O) groups excluding carboxylic acids is 1. The van der Waals surface area contributed by atoms with Gasteiger partial charge in [-0.1, -0.05) is 68.5 Å². The zero-order chi connectivity index (χ0) is 37.5. The number of esters is 1. The standard InChI is InChI=1S/C42H59N7O4Si/c1-32-13-14-34-36(27-43-38(34)31-51-25-26-54(2,3)4)40(32)49-18-15-35-37(28-49)44-42(52-24-23-46-16-9-6-10-17-46)45-41(35)48-21-19-47(20-22-48)29-39(50)53-30-33-11-7-5-8-12-33/h5,7-8,11-14,27,38H,6,9-10,15-26,28-31H2,1-4H3. The number of anilines is 2. The van der Waals surface area contributed by atoms with E-state index in [1.54, 1.807) is 0 Å². The summed E-state index contributed by atoms with van der Waals surface area (Å²) in [6.07, 6.45) is 6.74. The molecule has 0 N–H and O–H groups in total. The molecule has 0 saturated carbocycles. The van der Waals surface area contributed by atoms with Gasteiger partial charge in [0, 0.05) is 77.0 Å². The van der Waals surface area contributed by atoms with E-state index in [0.29, 0.717) is 32.4 Å². The van der Waals surface area contributed by atoms with Crippen molar-refractivity contribution in [2.45, 2.75) is 77.5 Å². The van der Waals surface area contributed by atoms with Gasteiger partial charge < -0.3 is 24.0 Å². The zero-order valence-corrected chi connectivity index (χ0v) is 33.9. The molecule has 1 unspecified atom stereocenters. The van der Waals surface area contributed by atoms with Crippen LogP contribution < -0.4 is 14.5 Å². The number of piperazine rings is 1. The Morgan fingerprint density at radius 1 is 0.870 bits per heavy atom. The molecule has 12 heteroatoms. The molecule has 0 bridgehead atoms. The first-order chi connectivity index (χ1) is 26.2. The van der Waals surface area contributed by atoms with Gasteiger partial charge in [0.05, 0.1) is 31.4 Å². The van der Waals surface area contributed by atoms with E-state index in [4.69, 9.17) is 29.2 Å². The lowest BCUT2D eigenvalue weighted by Crippen LogP contribution is -2.49. The number of aryl methyl sites for hydroxylation is 1. The van der Waals surface area contributed by atoms with Crippen LogP contribution in [0, 0.1) is 6.92 Å². The highest BCUT2D eigenvalue weighted by Gasteiger charge is 2.31. The molecule has 7 rings (SSSR count). The molecule has 4 aliphatic heterocycles. The second-order valence-electron chi connectivity index (χ2n) is 16.5. The van der Waals surface area contributed by atoms with Crippen molar-refractivity contribution < 1.29 is 19.0 Å². The van der Waals surface area contributed by atoms with Gasteiger partial charge in [-0.05, 0) is 62.0 Å². The minimum Gasteiger partial charge on any atom is -0.462 e. The molecule has 11 nitrogen and oxygen atoms in total. The molecule has 0 spiro atoms. The lowest BCUT2D eigenvalue weighted by Gasteiger charge is -2.38. The maximum absolute atomic E-state index is 12.7. The molecular formula is C42H59N7O4Si. The Labute approximate surface area is 322 Å². The minimum atomic E-state index is -1.14. The van der Waals surface area contributed by atoms with Crippen LogP contribution in [0.3, 0.4) is 0 Å². The second-order valence-corrected chi connectivity index (χ2v) is 22.1. The highest BCUT2D eigenvalue weighted by Crippen LogP contribution is 2.39. The maximum Gasteiger partial charge on any atom is 0.320 e. The first-order valence-corrected chi connectivity index (χ1v) is 23.8. The first kappa shape index (κ1) is 38.4. The van der Waals surface area contributed by atoms with E-state index < -0.39 is 8.07 Å². The molecule has 0 radical (unpaired) electrons. The number of rotatable bonds is 15. The predicted octanol–water partition coefficient (Wildman–Crippen LogP) is 5.91. The van der Waals surface area contributed by atoms with Crippen LogP contribution >= 0.6 is 0 Å². The van der Waals surface area contributed by atoms with Crippen LogP contribution in [-0.4, -0.2) is 119 Å². The second kappa shape index (κ2) is 17.7. The number of ether oxygens (including phenoxy) is 3. The van der Waals surface area contributed by atoms with Crippen molar-refractivity contribution >= 4 is 31.8 Å². The first-order valence-electron chi connectivity index (χ1n) is 20.1. The SMILES string of the molecule is Cc1ccc2c(c1N1CCc3c(nc(OCCN4CCCCC4)nc3N3CCN(CC(=O)OCc4ccccc4)CC3)C1)C=NC2COCC[Si](C)(C)C. The molecule has 2 fully saturated rings. The molecule has 2 saturated heterocycles. The Kier molecular flexibility index (Phi) is 12.6. The van der Waals surface area contributed by atoms with Crippen molar-refractivity contribution in [3.8, 4) is 6.01 Å². The van der Waals surface area contributed by atoms with Gasteiger partial charge in [0.25, 0.3) is 0 Å². The number of aromatic nitrogens is 2.